The lowest BCUT2D eigenvalue weighted by atomic mass is 10.1. The lowest BCUT2D eigenvalue weighted by Gasteiger charge is -2.32. The maximum atomic E-state index is 11.9. The SMILES string of the molecule is C.C.CCCCCCCCCCCCN.CCCCCCCCCCCCNC(=O)CCN1CCN(C)CC1.CO.COC(=O)CCN1CCN(C)CC1. The number of methoxy groups -OCH3 is 1. The van der Waals surface area contributed by atoms with Crippen LogP contribution in [0.3, 0.4) is 0 Å². The van der Waals surface area contributed by atoms with E-state index in [2.05, 4.69) is 57.6 Å². The van der Waals surface area contributed by atoms with Gasteiger partial charge in [0.2, 0.25) is 5.91 Å². The van der Waals surface area contributed by atoms with Gasteiger partial charge in [0.1, 0.15) is 0 Å². The van der Waals surface area contributed by atoms with Crippen LogP contribution in [0.5, 0.6) is 0 Å². The van der Waals surface area contributed by atoms with Crippen LogP contribution in [0.4, 0.5) is 0 Å². The van der Waals surface area contributed by atoms with Crippen LogP contribution in [0, 0.1) is 0 Å². The number of rotatable bonds is 27. The number of esters is 1. The number of nitrogens with one attached hydrogen (secondary N) is 1. The minimum atomic E-state index is -0.112. The molecule has 328 valence electrons. The van der Waals surface area contributed by atoms with Crippen molar-refractivity contribution in [1.82, 2.24) is 24.9 Å². The largest absolute Gasteiger partial charge is 0.469 e. The van der Waals surface area contributed by atoms with Crippen molar-refractivity contribution in [2.45, 2.75) is 170 Å². The topological polar surface area (TPSA) is 115 Å². The summed E-state index contributed by atoms with van der Waals surface area (Å²) in [5.41, 5.74) is 5.42. The quantitative estimate of drug-likeness (QED) is 0.0562. The van der Waals surface area contributed by atoms with E-state index in [0.717, 1.165) is 92.1 Å². The van der Waals surface area contributed by atoms with Gasteiger partial charge in [0.25, 0.3) is 0 Å². The van der Waals surface area contributed by atoms with Crippen molar-refractivity contribution in [3.63, 3.8) is 0 Å². The molecule has 0 aromatic heterocycles. The molecule has 2 aliphatic heterocycles. The predicted molar refractivity (Wildman–Crippen MR) is 236 cm³/mol. The second-order valence-electron chi connectivity index (χ2n) is 14.9. The summed E-state index contributed by atoms with van der Waals surface area (Å²) < 4.78 is 4.59. The molecule has 0 aliphatic carbocycles. The third kappa shape index (κ3) is 43.4. The molecule has 2 heterocycles. The average molecular weight is 775 g/mol. The first-order chi connectivity index (χ1) is 25.4. The molecule has 0 unspecified atom stereocenters. The first-order valence-electron chi connectivity index (χ1n) is 21.7. The lowest BCUT2D eigenvalue weighted by molar-refractivity contribution is -0.141. The molecule has 10 heteroatoms. The maximum Gasteiger partial charge on any atom is 0.306 e. The number of nitrogens with two attached hydrogens (primary N) is 1. The Morgan fingerprint density at radius 3 is 1.24 bits per heavy atom. The highest BCUT2D eigenvalue weighted by atomic mass is 16.5. The van der Waals surface area contributed by atoms with Crippen molar-refractivity contribution in [3.8, 4) is 0 Å². The lowest BCUT2D eigenvalue weighted by Crippen LogP contribution is -2.45. The smallest absolute Gasteiger partial charge is 0.306 e. The number of nitrogens with zero attached hydrogens (tertiary/aromatic N) is 4. The Kier molecular flexibility index (Phi) is 52.6. The number of amides is 1. The molecule has 2 saturated heterocycles. The zero-order chi connectivity index (χ0) is 38.9. The fourth-order valence-electron chi connectivity index (χ4n) is 6.31. The van der Waals surface area contributed by atoms with Gasteiger partial charge in [0.05, 0.1) is 13.5 Å². The summed E-state index contributed by atoms with van der Waals surface area (Å²) in [5.74, 6) is 0.115. The van der Waals surface area contributed by atoms with E-state index in [0.29, 0.717) is 12.8 Å². The first kappa shape index (κ1) is 59.4. The zero-order valence-corrected chi connectivity index (χ0v) is 35.6. The Hall–Kier alpha value is -1.30. The summed E-state index contributed by atoms with van der Waals surface area (Å²) in [6, 6.07) is 0. The third-order valence-corrected chi connectivity index (χ3v) is 10.1. The minimum absolute atomic E-state index is 0. The Labute approximate surface area is 338 Å². The van der Waals surface area contributed by atoms with Gasteiger partial charge in [-0.25, -0.2) is 0 Å². The molecule has 1 amide bonds. The second kappa shape index (κ2) is 47.9. The van der Waals surface area contributed by atoms with E-state index < -0.39 is 0 Å². The molecule has 0 atom stereocenters. The number of carbonyl (C=O) groups is 2. The molecule has 54 heavy (non-hydrogen) atoms. The average Bonchev–Trinajstić information content (AvgIpc) is 3.17. The van der Waals surface area contributed by atoms with Crippen LogP contribution in [0.2, 0.25) is 0 Å². The van der Waals surface area contributed by atoms with Crippen LogP contribution < -0.4 is 11.1 Å². The van der Waals surface area contributed by atoms with Gasteiger partial charge in [-0.3, -0.25) is 9.59 Å². The number of ether oxygens (including phenoxy) is 1. The summed E-state index contributed by atoms with van der Waals surface area (Å²) >= 11 is 0. The zero-order valence-electron chi connectivity index (χ0n) is 35.6. The number of unbranched alkanes of at least 4 members (excludes halogenated alkanes) is 18. The molecule has 0 spiro atoms. The van der Waals surface area contributed by atoms with Gasteiger partial charge in [-0.05, 0) is 33.5 Å². The fraction of sp³-hybridized carbons (Fsp3) is 0.955. The molecule has 10 nitrogen and oxygen atoms in total. The number of hydrogen-bond donors (Lipinski definition) is 3. The van der Waals surface area contributed by atoms with Crippen LogP contribution in [0.1, 0.15) is 170 Å². The number of aliphatic hydroxyl groups is 1. The molecule has 0 aromatic rings. The standard InChI is InChI=1S/C20H41N3O.C12H27N.C9H18N2O2.CH4O.2CH4/c1-3-4-5-6-7-8-9-10-11-12-14-21-20(24)13-15-23-18-16-22(2)17-19-23;1-2-3-4-5-6-7-8-9-10-11-12-13;1-10-5-7-11(8-6-10)4-3-9(12)13-2;1-2;;/h3-19H2,1-2H3,(H,21,24);2-13H2,1H3;3-8H2,1-2H3;2H,1H3;2*1H4. The number of likely N-dealkylation sites (N-methyl/N-ethyl adjacent to an activating group) is 2. The van der Waals surface area contributed by atoms with E-state index >= 15 is 0 Å². The number of hydrogen-bond acceptors (Lipinski definition) is 9. The van der Waals surface area contributed by atoms with Gasteiger partial charge in [-0.1, -0.05) is 144 Å². The minimum Gasteiger partial charge on any atom is -0.469 e. The number of aliphatic hydroxyl groups excluding tert-OH is 1. The summed E-state index contributed by atoms with van der Waals surface area (Å²) in [6.07, 6.45) is 28.5. The van der Waals surface area contributed by atoms with Crippen LogP contribution in [0.15, 0.2) is 0 Å². The second-order valence-corrected chi connectivity index (χ2v) is 14.9. The Morgan fingerprint density at radius 1 is 0.556 bits per heavy atom. The Balaban J connectivity index is -0.000000357. The van der Waals surface area contributed by atoms with Crippen LogP contribution >= 0.6 is 0 Å². The van der Waals surface area contributed by atoms with Crippen molar-refractivity contribution >= 4 is 11.9 Å². The molecular formula is C44H98N6O4. The van der Waals surface area contributed by atoms with Gasteiger partial charge >= 0.3 is 5.97 Å². The van der Waals surface area contributed by atoms with E-state index in [9.17, 15) is 9.59 Å². The molecular weight excluding hydrogens is 677 g/mol. The molecule has 0 radical (unpaired) electrons. The molecule has 2 aliphatic rings. The number of carbonyl (C=O) groups excluding carboxylic acids is 2. The van der Waals surface area contributed by atoms with Gasteiger partial charge < -0.3 is 40.5 Å². The third-order valence-electron chi connectivity index (χ3n) is 10.1. The molecule has 2 fully saturated rings. The normalized spacial score (nSPS) is 14.8. The van der Waals surface area contributed by atoms with E-state index in [1.807, 2.05) is 0 Å². The van der Waals surface area contributed by atoms with Crippen molar-refractivity contribution in [3.05, 3.63) is 0 Å². The number of piperazine rings is 2. The van der Waals surface area contributed by atoms with Crippen molar-refractivity contribution in [2.75, 3.05) is 107 Å². The van der Waals surface area contributed by atoms with Crippen molar-refractivity contribution in [1.29, 1.82) is 0 Å². The predicted octanol–water partition coefficient (Wildman–Crippen LogP) is 8.20. The highest BCUT2D eigenvalue weighted by Crippen LogP contribution is 2.11. The van der Waals surface area contributed by atoms with Crippen LogP contribution in [0.25, 0.3) is 0 Å². The first-order valence-corrected chi connectivity index (χ1v) is 21.7. The Morgan fingerprint density at radius 2 is 0.889 bits per heavy atom. The molecule has 4 N–H and O–H groups in total. The summed E-state index contributed by atoms with van der Waals surface area (Å²) in [4.78, 5) is 32.1. The monoisotopic (exact) mass is 775 g/mol. The summed E-state index contributed by atoms with van der Waals surface area (Å²) in [7, 11) is 6.72. The van der Waals surface area contributed by atoms with E-state index in [1.165, 1.54) is 129 Å². The summed E-state index contributed by atoms with van der Waals surface area (Å²) in [6.45, 7) is 16.8. The Bertz CT molecular complexity index is 722. The van der Waals surface area contributed by atoms with E-state index in [-0.39, 0.29) is 26.7 Å². The molecule has 0 bridgehead atoms. The van der Waals surface area contributed by atoms with Crippen LogP contribution in [-0.4, -0.2) is 143 Å². The van der Waals surface area contributed by atoms with Crippen molar-refractivity contribution in [2.24, 2.45) is 5.73 Å². The fourth-order valence-corrected chi connectivity index (χ4v) is 6.31. The van der Waals surface area contributed by atoms with Gasteiger partial charge in [0.15, 0.2) is 0 Å². The van der Waals surface area contributed by atoms with Crippen molar-refractivity contribution < 1.29 is 19.4 Å². The van der Waals surface area contributed by atoms with Gasteiger partial charge in [-0.15, -0.1) is 0 Å². The molecule has 0 saturated carbocycles. The van der Waals surface area contributed by atoms with E-state index in [4.69, 9.17) is 10.8 Å². The highest BCUT2D eigenvalue weighted by Gasteiger charge is 2.15. The maximum absolute atomic E-state index is 11.9. The van der Waals surface area contributed by atoms with Crippen LogP contribution in [-0.2, 0) is 14.3 Å². The molecule has 2 rings (SSSR count). The highest BCUT2D eigenvalue weighted by molar-refractivity contribution is 5.76. The molecule has 0 aromatic carbocycles. The van der Waals surface area contributed by atoms with E-state index in [1.54, 1.807) is 0 Å². The van der Waals surface area contributed by atoms with Gasteiger partial charge in [-0.2, -0.15) is 0 Å². The van der Waals surface area contributed by atoms with Gasteiger partial charge in [0, 0.05) is 85.5 Å². The summed E-state index contributed by atoms with van der Waals surface area (Å²) in [5, 5.41) is 10.1.